The summed E-state index contributed by atoms with van der Waals surface area (Å²) < 4.78 is 5.43. The Hall–Kier alpha value is -1.56. The number of carbonyl (C=O) groups is 1. The molecule has 2 heterocycles. The van der Waals surface area contributed by atoms with Crippen LogP contribution in [0.4, 0.5) is 10.6 Å². The number of ether oxygens (including phenoxy) is 1. The normalized spacial score (nSPS) is 18.1. The standard InChI is InChI=1S/C16H23ClN4O2/c1-16(2,3)23-15(22)21-9-7-20(8-10-21)13-11-5-4-6-12(11)18-14(17)19-13/h4-10H2,1-3H3. The van der Waals surface area contributed by atoms with E-state index in [0.717, 1.165) is 43.9 Å². The van der Waals surface area contributed by atoms with Gasteiger partial charge in [-0.05, 0) is 51.6 Å². The van der Waals surface area contributed by atoms with Crippen molar-refractivity contribution >= 4 is 23.5 Å². The van der Waals surface area contributed by atoms with Crippen LogP contribution in [-0.4, -0.2) is 52.7 Å². The number of halogens is 1. The third-order valence-corrected chi connectivity index (χ3v) is 4.28. The highest BCUT2D eigenvalue weighted by Crippen LogP contribution is 2.30. The smallest absolute Gasteiger partial charge is 0.410 e. The van der Waals surface area contributed by atoms with Crippen LogP contribution in [0.1, 0.15) is 38.4 Å². The molecule has 0 saturated carbocycles. The van der Waals surface area contributed by atoms with Gasteiger partial charge in [0.2, 0.25) is 5.28 Å². The largest absolute Gasteiger partial charge is 0.444 e. The second-order valence-electron chi connectivity index (χ2n) is 7.05. The van der Waals surface area contributed by atoms with Crippen LogP contribution in [0.3, 0.4) is 0 Å². The predicted octanol–water partition coefficient (Wildman–Crippen LogP) is 2.68. The molecular formula is C16H23ClN4O2. The van der Waals surface area contributed by atoms with Gasteiger partial charge < -0.3 is 14.5 Å². The van der Waals surface area contributed by atoms with Gasteiger partial charge in [-0.1, -0.05) is 0 Å². The van der Waals surface area contributed by atoms with Gasteiger partial charge in [0.25, 0.3) is 0 Å². The molecule has 6 nitrogen and oxygen atoms in total. The number of fused-ring (bicyclic) bond motifs is 1. The van der Waals surface area contributed by atoms with E-state index in [9.17, 15) is 4.79 Å². The second-order valence-corrected chi connectivity index (χ2v) is 7.39. The van der Waals surface area contributed by atoms with E-state index in [2.05, 4.69) is 14.9 Å². The minimum atomic E-state index is -0.463. The Labute approximate surface area is 141 Å². The van der Waals surface area contributed by atoms with Crippen LogP contribution in [-0.2, 0) is 17.6 Å². The number of carbonyl (C=O) groups excluding carboxylic acids is 1. The molecule has 1 saturated heterocycles. The van der Waals surface area contributed by atoms with Crippen LogP contribution in [0.15, 0.2) is 0 Å². The molecule has 3 rings (SSSR count). The lowest BCUT2D eigenvalue weighted by Crippen LogP contribution is -2.50. The highest BCUT2D eigenvalue weighted by Gasteiger charge is 2.29. The van der Waals surface area contributed by atoms with Crippen LogP contribution < -0.4 is 4.90 Å². The summed E-state index contributed by atoms with van der Waals surface area (Å²) in [6.07, 6.45) is 2.84. The summed E-state index contributed by atoms with van der Waals surface area (Å²) in [5.74, 6) is 0.946. The Morgan fingerprint density at radius 1 is 1.13 bits per heavy atom. The van der Waals surface area contributed by atoms with Crippen molar-refractivity contribution in [3.63, 3.8) is 0 Å². The van der Waals surface area contributed by atoms with Crippen molar-refractivity contribution in [2.45, 2.75) is 45.6 Å². The molecular weight excluding hydrogens is 316 g/mol. The Kier molecular flexibility index (Phi) is 4.36. The molecule has 0 unspecified atom stereocenters. The van der Waals surface area contributed by atoms with E-state index in [1.807, 2.05) is 20.8 Å². The third-order valence-electron chi connectivity index (χ3n) is 4.11. The fourth-order valence-electron chi connectivity index (χ4n) is 3.07. The first kappa shape index (κ1) is 16.3. The minimum absolute atomic E-state index is 0.247. The van der Waals surface area contributed by atoms with Gasteiger partial charge in [-0.3, -0.25) is 0 Å². The molecule has 1 aromatic heterocycles. The number of rotatable bonds is 1. The van der Waals surface area contributed by atoms with Crippen molar-refractivity contribution in [1.29, 1.82) is 0 Å². The number of anilines is 1. The van der Waals surface area contributed by atoms with Gasteiger partial charge in [0.1, 0.15) is 11.4 Å². The van der Waals surface area contributed by atoms with Crippen molar-refractivity contribution in [2.24, 2.45) is 0 Å². The van der Waals surface area contributed by atoms with Crippen LogP contribution in [0.2, 0.25) is 5.28 Å². The number of nitrogens with zero attached hydrogens (tertiary/aromatic N) is 4. The molecule has 0 spiro atoms. The van der Waals surface area contributed by atoms with Gasteiger partial charge in [0.15, 0.2) is 0 Å². The Morgan fingerprint density at radius 2 is 1.83 bits per heavy atom. The van der Waals surface area contributed by atoms with Crippen molar-refractivity contribution in [3.05, 3.63) is 16.5 Å². The monoisotopic (exact) mass is 338 g/mol. The fourth-order valence-corrected chi connectivity index (χ4v) is 3.25. The van der Waals surface area contributed by atoms with E-state index < -0.39 is 5.60 Å². The van der Waals surface area contributed by atoms with Gasteiger partial charge in [-0.2, -0.15) is 0 Å². The van der Waals surface area contributed by atoms with E-state index in [4.69, 9.17) is 16.3 Å². The van der Waals surface area contributed by atoms with Gasteiger partial charge in [-0.25, -0.2) is 14.8 Å². The SMILES string of the molecule is CC(C)(C)OC(=O)N1CCN(c2nc(Cl)nc3c2CCC3)CC1. The van der Waals surface area contributed by atoms with Crippen molar-refractivity contribution < 1.29 is 9.53 Å². The van der Waals surface area contributed by atoms with Crippen LogP contribution in [0, 0.1) is 0 Å². The summed E-state index contributed by atoms with van der Waals surface area (Å²) >= 11 is 6.07. The zero-order valence-electron chi connectivity index (χ0n) is 13.9. The molecule has 7 heteroatoms. The second kappa shape index (κ2) is 6.15. The van der Waals surface area contributed by atoms with Gasteiger partial charge in [0.05, 0.1) is 5.69 Å². The van der Waals surface area contributed by atoms with E-state index in [0.29, 0.717) is 18.4 Å². The molecule has 0 atom stereocenters. The third kappa shape index (κ3) is 3.68. The van der Waals surface area contributed by atoms with Crippen LogP contribution in [0.25, 0.3) is 0 Å². The zero-order chi connectivity index (χ0) is 16.6. The molecule has 2 aliphatic rings. The number of aromatic nitrogens is 2. The minimum Gasteiger partial charge on any atom is -0.444 e. The predicted molar refractivity (Wildman–Crippen MR) is 89.1 cm³/mol. The maximum absolute atomic E-state index is 12.1. The molecule has 1 fully saturated rings. The summed E-state index contributed by atoms with van der Waals surface area (Å²) in [5, 5.41) is 0.315. The number of amides is 1. The lowest BCUT2D eigenvalue weighted by Gasteiger charge is -2.36. The molecule has 0 radical (unpaired) electrons. The highest BCUT2D eigenvalue weighted by molar-refractivity contribution is 6.28. The summed E-state index contributed by atoms with van der Waals surface area (Å²) in [7, 11) is 0. The number of hydrogen-bond donors (Lipinski definition) is 0. The maximum Gasteiger partial charge on any atom is 0.410 e. The van der Waals surface area contributed by atoms with Crippen molar-refractivity contribution in [2.75, 3.05) is 31.1 Å². The van der Waals surface area contributed by atoms with E-state index >= 15 is 0 Å². The van der Waals surface area contributed by atoms with Crippen molar-refractivity contribution in [3.8, 4) is 0 Å². The first-order chi connectivity index (χ1) is 10.8. The molecule has 23 heavy (non-hydrogen) atoms. The number of aryl methyl sites for hydroxylation is 1. The first-order valence-electron chi connectivity index (χ1n) is 8.12. The van der Waals surface area contributed by atoms with E-state index in [1.165, 1.54) is 5.56 Å². The fraction of sp³-hybridized carbons (Fsp3) is 0.688. The average molecular weight is 339 g/mol. The molecule has 0 N–H and O–H groups in total. The molecule has 1 amide bonds. The molecule has 0 aromatic carbocycles. The molecule has 126 valence electrons. The molecule has 1 aliphatic carbocycles. The lowest BCUT2D eigenvalue weighted by atomic mass is 10.2. The summed E-state index contributed by atoms with van der Waals surface area (Å²) in [6.45, 7) is 8.38. The van der Waals surface area contributed by atoms with Crippen molar-refractivity contribution in [1.82, 2.24) is 14.9 Å². The highest BCUT2D eigenvalue weighted by atomic mass is 35.5. The summed E-state index contributed by atoms with van der Waals surface area (Å²) in [5.41, 5.74) is 1.84. The van der Waals surface area contributed by atoms with E-state index in [1.54, 1.807) is 4.90 Å². The summed E-state index contributed by atoms with van der Waals surface area (Å²) in [6, 6.07) is 0. The Morgan fingerprint density at radius 3 is 2.48 bits per heavy atom. The summed E-state index contributed by atoms with van der Waals surface area (Å²) in [4.78, 5) is 24.9. The lowest BCUT2D eigenvalue weighted by molar-refractivity contribution is 0.0240. The number of hydrogen-bond acceptors (Lipinski definition) is 5. The molecule has 0 bridgehead atoms. The quantitative estimate of drug-likeness (QED) is 0.737. The molecule has 1 aliphatic heterocycles. The zero-order valence-corrected chi connectivity index (χ0v) is 14.7. The molecule has 1 aromatic rings. The van der Waals surface area contributed by atoms with Gasteiger partial charge >= 0.3 is 6.09 Å². The maximum atomic E-state index is 12.1. The van der Waals surface area contributed by atoms with Gasteiger partial charge in [0, 0.05) is 31.7 Å². The van der Waals surface area contributed by atoms with Crippen LogP contribution in [0.5, 0.6) is 0 Å². The Balaban J connectivity index is 1.67. The average Bonchev–Trinajstić information content (AvgIpc) is 2.93. The number of piperazine rings is 1. The van der Waals surface area contributed by atoms with E-state index in [-0.39, 0.29) is 6.09 Å². The van der Waals surface area contributed by atoms with Crippen LogP contribution >= 0.6 is 11.6 Å². The van der Waals surface area contributed by atoms with Gasteiger partial charge in [-0.15, -0.1) is 0 Å². The Bertz CT molecular complexity index is 607. The first-order valence-corrected chi connectivity index (χ1v) is 8.49. The topological polar surface area (TPSA) is 58.6 Å².